The maximum atomic E-state index is 13.4. The number of carbonyl (C=O) groups is 2. The van der Waals surface area contributed by atoms with E-state index >= 15 is 0 Å². The Kier molecular flexibility index (Phi) is 8.21. The van der Waals surface area contributed by atoms with E-state index in [1.165, 1.54) is 26.2 Å². The molecule has 0 aliphatic carbocycles. The summed E-state index contributed by atoms with van der Waals surface area (Å²) < 4.78 is 32.9. The number of rotatable bonds is 9. The second kappa shape index (κ2) is 11.3. The summed E-state index contributed by atoms with van der Waals surface area (Å²) >= 11 is 0. The van der Waals surface area contributed by atoms with E-state index in [4.69, 9.17) is 4.74 Å². The van der Waals surface area contributed by atoms with Crippen molar-refractivity contribution in [2.75, 3.05) is 23.3 Å². The molecule has 0 aliphatic heterocycles. The standard InChI is InChI=1S/C25H26N4O5S/c1-18(20-8-7-9-21(16-20)26-19(2)30)27-28-25(31)17-29(22-10-5-4-6-11-22)35(32,33)24-14-12-23(34-3)13-15-24/h4-16H,17H2,1-3H3,(H,26,30)(H,28,31)/b27-18-. The molecular formula is C25H26N4O5S. The molecule has 3 aromatic carbocycles. The van der Waals surface area contributed by atoms with Crippen molar-refractivity contribution < 1.29 is 22.7 Å². The zero-order valence-electron chi connectivity index (χ0n) is 19.6. The molecule has 0 heterocycles. The normalized spacial score (nSPS) is 11.5. The van der Waals surface area contributed by atoms with Gasteiger partial charge >= 0.3 is 0 Å². The molecule has 0 unspecified atom stereocenters. The minimum absolute atomic E-state index is 0.0180. The molecule has 2 amide bonds. The first kappa shape index (κ1) is 25.4. The lowest BCUT2D eigenvalue weighted by Gasteiger charge is -2.23. The largest absolute Gasteiger partial charge is 0.497 e. The highest BCUT2D eigenvalue weighted by atomic mass is 32.2. The summed E-state index contributed by atoms with van der Waals surface area (Å²) in [6.45, 7) is 2.61. The van der Waals surface area contributed by atoms with Gasteiger partial charge in [0.25, 0.3) is 15.9 Å². The molecule has 0 aliphatic rings. The van der Waals surface area contributed by atoms with E-state index in [0.717, 1.165) is 4.31 Å². The molecule has 2 N–H and O–H groups in total. The van der Waals surface area contributed by atoms with Gasteiger partial charge in [-0.3, -0.25) is 13.9 Å². The molecule has 182 valence electrons. The summed E-state index contributed by atoms with van der Waals surface area (Å²) in [7, 11) is -2.56. The van der Waals surface area contributed by atoms with Gasteiger partial charge in [0.05, 0.1) is 23.4 Å². The van der Waals surface area contributed by atoms with Crippen LogP contribution in [0.1, 0.15) is 19.4 Å². The molecule has 3 rings (SSSR count). The molecule has 0 atom stereocenters. The highest BCUT2D eigenvalue weighted by Crippen LogP contribution is 2.24. The van der Waals surface area contributed by atoms with Crippen molar-refractivity contribution in [3.8, 4) is 5.75 Å². The van der Waals surface area contributed by atoms with Crippen LogP contribution in [0.15, 0.2) is 88.9 Å². The molecular weight excluding hydrogens is 468 g/mol. The van der Waals surface area contributed by atoms with Gasteiger partial charge in [-0.15, -0.1) is 0 Å². The summed E-state index contributed by atoms with van der Waals surface area (Å²) in [5.41, 5.74) is 4.51. The van der Waals surface area contributed by atoms with Crippen molar-refractivity contribution in [1.29, 1.82) is 0 Å². The number of nitrogens with zero attached hydrogens (tertiary/aromatic N) is 2. The van der Waals surface area contributed by atoms with Gasteiger partial charge in [0.1, 0.15) is 12.3 Å². The molecule has 0 aromatic heterocycles. The van der Waals surface area contributed by atoms with Crippen molar-refractivity contribution in [2.45, 2.75) is 18.7 Å². The van der Waals surface area contributed by atoms with Gasteiger partial charge in [0.15, 0.2) is 0 Å². The summed E-state index contributed by atoms with van der Waals surface area (Å²) in [6.07, 6.45) is 0. The third-order valence-electron chi connectivity index (χ3n) is 4.93. The van der Waals surface area contributed by atoms with Crippen LogP contribution >= 0.6 is 0 Å². The van der Waals surface area contributed by atoms with Crippen LogP contribution in [0.3, 0.4) is 0 Å². The molecule has 0 saturated heterocycles. The summed E-state index contributed by atoms with van der Waals surface area (Å²) in [5, 5.41) is 6.79. The van der Waals surface area contributed by atoms with E-state index in [1.807, 2.05) is 0 Å². The Hall–Kier alpha value is -4.18. The zero-order valence-corrected chi connectivity index (χ0v) is 20.4. The van der Waals surface area contributed by atoms with Crippen molar-refractivity contribution >= 4 is 38.9 Å². The summed E-state index contributed by atoms with van der Waals surface area (Å²) in [4.78, 5) is 24.1. The Balaban J connectivity index is 1.82. The Bertz CT molecular complexity index is 1320. The van der Waals surface area contributed by atoms with Crippen LogP contribution in [0.2, 0.25) is 0 Å². The zero-order chi connectivity index (χ0) is 25.4. The lowest BCUT2D eigenvalue weighted by molar-refractivity contribution is -0.119. The van der Waals surface area contributed by atoms with E-state index in [2.05, 4.69) is 15.8 Å². The number of para-hydroxylation sites is 1. The fourth-order valence-corrected chi connectivity index (χ4v) is 4.61. The molecule has 0 fully saturated rings. The number of amides is 2. The monoisotopic (exact) mass is 494 g/mol. The minimum atomic E-state index is -4.05. The number of sulfonamides is 1. The molecule has 0 saturated carbocycles. The van der Waals surface area contributed by atoms with Gasteiger partial charge < -0.3 is 10.1 Å². The van der Waals surface area contributed by atoms with Gasteiger partial charge in [-0.2, -0.15) is 5.10 Å². The average Bonchev–Trinajstić information content (AvgIpc) is 2.86. The second-order valence-electron chi connectivity index (χ2n) is 7.52. The number of benzene rings is 3. The summed E-state index contributed by atoms with van der Waals surface area (Å²) in [5.74, 6) is -0.312. The maximum Gasteiger partial charge on any atom is 0.264 e. The fraction of sp³-hybridized carbons (Fsp3) is 0.160. The number of hydrogen-bond acceptors (Lipinski definition) is 6. The van der Waals surface area contributed by atoms with Crippen LogP contribution in [0.4, 0.5) is 11.4 Å². The smallest absolute Gasteiger partial charge is 0.264 e. The van der Waals surface area contributed by atoms with Gasteiger partial charge in [-0.25, -0.2) is 13.8 Å². The molecule has 0 bridgehead atoms. The van der Waals surface area contributed by atoms with E-state index in [-0.39, 0.29) is 10.8 Å². The number of hydrazone groups is 1. The van der Waals surface area contributed by atoms with Crippen molar-refractivity contribution in [3.63, 3.8) is 0 Å². The average molecular weight is 495 g/mol. The van der Waals surface area contributed by atoms with Crippen molar-refractivity contribution in [3.05, 3.63) is 84.4 Å². The van der Waals surface area contributed by atoms with Gasteiger partial charge in [0.2, 0.25) is 5.91 Å². The number of methoxy groups -OCH3 is 1. The first-order valence-electron chi connectivity index (χ1n) is 10.6. The van der Waals surface area contributed by atoms with E-state index in [9.17, 15) is 18.0 Å². The molecule has 9 nitrogen and oxygen atoms in total. The van der Waals surface area contributed by atoms with Crippen LogP contribution in [0.25, 0.3) is 0 Å². The number of nitrogens with one attached hydrogen (secondary N) is 2. The van der Waals surface area contributed by atoms with Crippen LogP contribution in [0, 0.1) is 0 Å². The topological polar surface area (TPSA) is 117 Å². The van der Waals surface area contributed by atoms with E-state index in [1.54, 1.807) is 73.7 Å². The number of hydrogen-bond donors (Lipinski definition) is 2. The van der Waals surface area contributed by atoms with Crippen molar-refractivity contribution in [1.82, 2.24) is 5.43 Å². The Morgan fingerprint density at radius 1 is 0.943 bits per heavy atom. The van der Waals surface area contributed by atoms with Gasteiger partial charge in [-0.05, 0) is 61.0 Å². The van der Waals surface area contributed by atoms with Crippen molar-refractivity contribution in [2.24, 2.45) is 5.10 Å². The number of ether oxygens (including phenoxy) is 1. The first-order valence-corrected chi connectivity index (χ1v) is 12.1. The fourth-order valence-electron chi connectivity index (χ4n) is 3.19. The van der Waals surface area contributed by atoms with Gasteiger partial charge in [0, 0.05) is 12.6 Å². The highest BCUT2D eigenvalue weighted by molar-refractivity contribution is 7.92. The van der Waals surface area contributed by atoms with E-state index in [0.29, 0.717) is 28.4 Å². The summed E-state index contributed by atoms with van der Waals surface area (Å²) in [6, 6.07) is 21.3. The third-order valence-corrected chi connectivity index (χ3v) is 6.72. The Labute approximate surface area is 204 Å². The predicted octanol–water partition coefficient (Wildman–Crippen LogP) is 3.39. The Morgan fingerprint density at radius 2 is 1.63 bits per heavy atom. The predicted molar refractivity (Wildman–Crippen MR) is 135 cm³/mol. The third kappa shape index (κ3) is 6.67. The molecule has 35 heavy (non-hydrogen) atoms. The maximum absolute atomic E-state index is 13.4. The highest BCUT2D eigenvalue weighted by Gasteiger charge is 2.27. The van der Waals surface area contributed by atoms with Crippen LogP contribution in [-0.2, 0) is 19.6 Å². The van der Waals surface area contributed by atoms with Crippen LogP contribution < -0.4 is 19.8 Å². The number of carbonyl (C=O) groups excluding carboxylic acids is 2. The SMILES string of the molecule is COc1ccc(S(=O)(=O)N(CC(=O)N/N=C(/C)c2cccc(NC(C)=O)c2)c2ccccc2)cc1. The molecule has 0 radical (unpaired) electrons. The van der Waals surface area contributed by atoms with Crippen LogP contribution in [0.5, 0.6) is 5.75 Å². The molecule has 10 heteroatoms. The van der Waals surface area contributed by atoms with Crippen LogP contribution in [-0.4, -0.2) is 39.6 Å². The second-order valence-corrected chi connectivity index (χ2v) is 9.38. The minimum Gasteiger partial charge on any atom is -0.497 e. The lowest BCUT2D eigenvalue weighted by atomic mass is 10.1. The molecule has 3 aromatic rings. The lowest BCUT2D eigenvalue weighted by Crippen LogP contribution is -2.39. The molecule has 0 spiro atoms. The van der Waals surface area contributed by atoms with E-state index < -0.39 is 22.5 Å². The van der Waals surface area contributed by atoms with Gasteiger partial charge in [-0.1, -0.05) is 30.3 Å². The first-order chi connectivity index (χ1) is 16.7. The Morgan fingerprint density at radius 3 is 2.26 bits per heavy atom. The number of anilines is 2. The quantitative estimate of drug-likeness (QED) is 0.349.